The smallest absolute Gasteiger partial charge is 0.228 e. The first-order chi connectivity index (χ1) is 11.6. The average molecular weight is 347 g/mol. The number of carbonyl (C=O) groups is 1. The predicted molar refractivity (Wildman–Crippen MR) is 93.7 cm³/mol. The van der Waals surface area contributed by atoms with Gasteiger partial charge in [-0.1, -0.05) is 17.7 Å². The van der Waals surface area contributed by atoms with E-state index in [0.717, 1.165) is 24.1 Å². The topological polar surface area (TPSA) is 76.1 Å². The number of nitrogens with zero attached hydrogens (tertiary/aromatic N) is 2. The SMILES string of the molecule is Cc1c(Cl)cccc1Nc1ccc(NC(=O)C2CCOCC2)nn1. The fourth-order valence-electron chi connectivity index (χ4n) is 2.53. The summed E-state index contributed by atoms with van der Waals surface area (Å²) in [5.74, 6) is 0.982. The monoisotopic (exact) mass is 346 g/mol. The molecule has 7 heteroatoms. The molecule has 6 nitrogen and oxygen atoms in total. The zero-order valence-corrected chi connectivity index (χ0v) is 14.1. The third-order valence-electron chi connectivity index (χ3n) is 4.04. The predicted octanol–water partition coefficient (Wildman–Crippen LogP) is 3.55. The summed E-state index contributed by atoms with van der Waals surface area (Å²) in [4.78, 5) is 12.2. The normalized spacial score (nSPS) is 15.1. The Hall–Kier alpha value is -2.18. The van der Waals surface area contributed by atoms with Crippen LogP contribution in [-0.4, -0.2) is 29.3 Å². The molecule has 0 atom stereocenters. The number of halogens is 1. The van der Waals surface area contributed by atoms with Crippen LogP contribution in [0.1, 0.15) is 18.4 Å². The zero-order chi connectivity index (χ0) is 16.9. The van der Waals surface area contributed by atoms with Crippen molar-refractivity contribution in [3.05, 3.63) is 40.9 Å². The molecule has 1 aliphatic heterocycles. The number of anilines is 3. The maximum atomic E-state index is 12.2. The lowest BCUT2D eigenvalue weighted by Crippen LogP contribution is -2.28. The number of hydrogen-bond acceptors (Lipinski definition) is 5. The largest absolute Gasteiger partial charge is 0.381 e. The molecule has 24 heavy (non-hydrogen) atoms. The van der Waals surface area contributed by atoms with Crippen molar-refractivity contribution >= 4 is 34.8 Å². The van der Waals surface area contributed by atoms with E-state index in [2.05, 4.69) is 20.8 Å². The summed E-state index contributed by atoms with van der Waals surface area (Å²) >= 11 is 6.10. The van der Waals surface area contributed by atoms with Gasteiger partial charge >= 0.3 is 0 Å². The van der Waals surface area contributed by atoms with E-state index >= 15 is 0 Å². The first-order valence-corrected chi connectivity index (χ1v) is 8.26. The maximum absolute atomic E-state index is 12.2. The molecule has 126 valence electrons. The lowest BCUT2D eigenvalue weighted by Gasteiger charge is -2.20. The lowest BCUT2D eigenvalue weighted by molar-refractivity contribution is -0.122. The molecule has 1 aliphatic rings. The Balaban J connectivity index is 1.62. The van der Waals surface area contributed by atoms with Gasteiger partial charge in [0.15, 0.2) is 11.6 Å². The Morgan fingerprint density at radius 3 is 2.58 bits per heavy atom. The van der Waals surface area contributed by atoms with Gasteiger partial charge in [-0.2, -0.15) is 0 Å². The summed E-state index contributed by atoms with van der Waals surface area (Å²) < 4.78 is 5.26. The zero-order valence-electron chi connectivity index (χ0n) is 13.4. The van der Waals surface area contributed by atoms with Crippen LogP contribution in [0.2, 0.25) is 5.02 Å². The highest BCUT2D eigenvalue weighted by Crippen LogP contribution is 2.25. The van der Waals surface area contributed by atoms with Crippen molar-refractivity contribution < 1.29 is 9.53 Å². The van der Waals surface area contributed by atoms with Gasteiger partial charge in [0.1, 0.15) is 0 Å². The van der Waals surface area contributed by atoms with Gasteiger partial charge in [0.25, 0.3) is 0 Å². The minimum absolute atomic E-state index is 0.0209. The summed E-state index contributed by atoms with van der Waals surface area (Å²) in [6, 6.07) is 9.12. The molecule has 0 unspecified atom stereocenters. The molecule has 1 fully saturated rings. The molecule has 3 rings (SSSR count). The minimum Gasteiger partial charge on any atom is -0.381 e. The molecule has 1 saturated heterocycles. The second-order valence-corrected chi connectivity index (χ2v) is 6.12. The molecule has 2 N–H and O–H groups in total. The number of amides is 1. The third-order valence-corrected chi connectivity index (χ3v) is 4.45. The molecule has 2 heterocycles. The van der Waals surface area contributed by atoms with Crippen LogP contribution in [0, 0.1) is 12.8 Å². The first kappa shape index (κ1) is 16.7. The molecule has 0 bridgehead atoms. The molecular formula is C17H19ClN4O2. The molecule has 0 spiro atoms. The van der Waals surface area contributed by atoms with Gasteiger partial charge in [0, 0.05) is 29.8 Å². The second-order valence-electron chi connectivity index (χ2n) is 5.72. The van der Waals surface area contributed by atoms with Crippen LogP contribution in [-0.2, 0) is 9.53 Å². The van der Waals surface area contributed by atoms with Crippen LogP contribution in [0.4, 0.5) is 17.3 Å². The number of benzene rings is 1. The van der Waals surface area contributed by atoms with Crippen molar-refractivity contribution in [1.82, 2.24) is 10.2 Å². The Labute approximate surface area is 145 Å². The van der Waals surface area contributed by atoms with Crippen LogP contribution >= 0.6 is 11.6 Å². The van der Waals surface area contributed by atoms with Gasteiger partial charge in [0.05, 0.1) is 0 Å². The van der Waals surface area contributed by atoms with E-state index in [9.17, 15) is 4.79 Å². The lowest BCUT2D eigenvalue weighted by atomic mass is 9.99. The second kappa shape index (κ2) is 7.59. The number of hydrogen-bond donors (Lipinski definition) is 2. The standard InChI is InChI=1S/C17H19ClN4O2/c1-11-13(18)3-2-4-14(11)19-15-5-6-16(22-21-15)20-17(23)12-7-9-24-10-8-12/h2-6,12H,7-10H2,1H3,(H,19,21)(H,20,22,23). The van der Waals surface area contributed by atoms with Gasteiger partial charge < -0.3 is 15.4 Å². The van der Waals surface area contributed by atoms with Gasteiger partial charge in [-0.3, -0.25) is 4.79 Å². The van der Waals surface area contributed by atoms with Crippen molar-refractivity contribution in [3.63, 3.8) is 0 Å². The molecular weight excluding hydrogens is 328 g/mol. The van der Waals surface area contributed by atoms with Crippen LogP contribution < -0.4 is 10.6 Å². The van der Waals surface area contributed by atoms with Crippen LogP contribution in [0.25, 0.3) is 0 Å². The highest BCUT2D eigenvalue weighted by atomic mass is 35.5. The van der Waals surface area contributed by atoms with E-state index in [1.165, 1.54) is 0 Å². The summed E-state index contributed by atoms with van der Waals surface area (Å²) in [5, 5.41) is 14.8. The van der Waals surface area contributed by atoms with E-state index in [1.54, 1.807) is 12.1 Å². The van der Waals surface area contributed by atoms with Crippen molar-refractivity contribution in [1.29, 1.82) is 0 Å². The summed E-state index contributed by atoms with van der Waals surface area (Å²) in [5.41, 5.74) is 1.81. The number of aromatic nitrogens is 2. The Morgan fingerprint density at radius 1 is 1.17 bits per heavy atom. The average Bonchev–Trinajstić information content (AvgIpc) is 2.61. The van der Waals surface area contributed by atoms with E-state index in [0.29, 0.717) is 29.9 Å². The summed E-state index contributed by atoms with van der Waals surface area (Å²) in [6.07, 6.45) is 1.49. The number of carbonyl (C=O) groups excluding carboxylic acids is 1. The van der Waals surface area contributed by atoms with E-state index < -0.39 is 0 Å². The summed E-state index contributed by atoms with van der Waals surface area (Å²) in [6.45, 7) is 3.19. The molecule has 1 amide bonds. The van der Waals surface area contributed by atoms with Crippen molar-refractivity contribution in [2.75, 3.05) is 23.8 Å². The molecule has 2 aromatic rings. The molecule has 0 aliphatic carbocycles. The van der Waals surface area contributed by atoms with Gasteiger partial charge in [-0.25, -0.2) is 0 Å². The van der Waals surface area contributed by atoms with Crippen LogP contribution in [0.3, 0.4) is 0 Å². The Bertz CT molecular complexity index is 715. The van der Waals surface area contributed by atoms with E-state index in [4.69, 9.17) is 16.3 Å². The molecule has 0 radical (unpaired) electrons. The van der Waals surface area contributed by atoms with Crippen molar-refractivity contribution in [2.45, 2.75) is 19.8 Å². The quantitative estimate of drug-likeness (QED) is 0.885. The number of rotatable bonds is 4. The van der Waals surface area contributed by atoms with Gasteiger partial charge in [-0.05, 0) is 49.6 Å². The van der Waals surface area contributed by atoms with E-state index in [-0.39, 0.29) is 11.8 Å². The fraction of sp³-hybridized carbons (Fsp3) is 0.353. The Kier molecular flexibility index (Phi) is 5.27. The highest BCUT2D eigenvalue weighted by molar-refractivity contribution is 6.31. The van der Waals surface area contributed by atoms with Crippen molar-refractivity contribution in [2.24, 2.45) is 5.92 Å². The third kappa shape index (κ3) is 4.01. The number of nitrogens with one attached hydrogen (secondary N) is 2. The minimum atomic E-state index is -0.0287. The van der Waals surface area contributed by atoms with Gasteiger partial charge in [-0.15, -0.1) is 10.2 Å². The summed E-state index contributed by atoms with van der Waals surface area (Å²) in [7, 11) is 0. The molecule has 1 aromatic carbocycles. The molecule has 0 saturated carbocycles. The number of ether oxygens (including phenoxy) is 1. The Morgan fingerprint density at radius 2 is 1.88 bits per heavy atom. The van der Waals surface area contributed by atoms with E-state index in [1.807, 2.05) is 25.1 Å². The van der Waals surface area contributed by atoms with Gasteiger partial charge in [0.2, 0.25) is 5.91 Å². The van der Waals surface area contributed by atoms with Crippen molar-refractivity contribution in [3.8, 4) is 0 Å². The highest BCUT2D eigenvalue weighted by Gasteiger charge is 2.21. The van der Waals surface area contributed by atoms with Crippen LogP contribution in [0.5, 0.6) is 0 Å². The van der Waals surface area contributed by atoms with Crippen LogP contribution in [0.15, 0.2) is 30.3 Å². The first-order valence-electron chi connectivity index (χ1n) is 7.88. The fourth-order valence-corrected chi connectivity index (χ4v) is 2.71. The molecule has 1 aromatic heterocycles. The maximum Gasteiger partial charge on any atom is 0.228 e.